The number of rotatable bonds is 0. The standard InChI is InChI=1S/C50H44N4O2/c1-49(2,3)37-21-35-19-17-33-25-41(35)45(27-37)53-48(56)54-46-28-38(50(4,5)6)22-36-20-18-34(26-42(36)46)32-16-14-30-10-8-12-44(40(30)24-32)52-47(55)51-43-11-7-9-29-13-15-31(33)23-39(29)43/h7-28H,1-6H3,(H2,51,52,55)(H2,53,54,56). The summed E-state index contributed by atoms with van der Waals surface area (Å²) in [5, 5.41) is 11.8. The Labute approximate surface area is 323 Å². The third-order valence-corrected chi connectivity index (χ3v) is 11.1. The quantitative estimate of drug-likeness (QED) is 0.125. The fourth-order valence-electron chi connectivity index (χ4n) is 7.82. The molecule has 276 valence electrons. The second kappa shape index (κ2) is 13.0. The largest absolute Gasteiger partial charge is 0.323 e. The van der Waals surface area contributed by atoms with Gasteiger partial charge in [0, 0.05) is 21.5 Å². The summed E-state index contributed by atoms with van der Waals surface area (Å²) in [7, 11) is 0. The number of benzene rings is 8. The summed E-state index contributed by atoms with van der Waals surface area (Å²) < 4.78 is 0. The lowest BCUT2D eigenvalue weighted by atomic mass is 9.85. The Bertz CT molecular complexity index is 3160. The Kier molecular flexibility index (Phi) is 8.13. The Morgan fingerprint density at radius 1 is 0.321 bits per heavy atom. The van der Waals surface area contributed by atoms with Gasteiger partial charge >= 0.3 is 11.4 Å². The van der Waals surface area contributed by atoms with E-state index in [9.17, 15) is 9.59 Å². The van der Waals surface area contributed by atoms with Crippen molar-refractivity contribution in [3.63, 3.8) is 0 Å². The van der Waals surface area contributed by atoms with Crippen molar-refractivity contribution in [3.05, 3.63) is 166 Å². The summed E-state index contributed by atoms with van der Waals surface area (Å²) in [6.07, 6.45) is 0. The zero-order valence-corrected chi connectivity index (χ0v) is 32.5. The molecule has 4 N–H and O–H groups in total. The Balaban J connectivity index is 1.48. The molecule has 0 aliphatic carbocycles. The van der Waals surface area contributed by atoms with Crippen LogP contribution in [0.1, 0.15) is 52.7 Å². The molecule has 0 saturated heterocycles. The predicted molar refractivity (Wildman–Crippen MR) is 238 cm³/mol. The van der Waals surface area contributed by atoms with Crippen LogP contribution < -0.4 is 11.4 Å². The van der Waals surface area contributed by atoms with Crippen molar-refractivity contribution in [1.82, 2.24) is 19.9 Å². The highest BCUT2D eigenvalue weighted by Crippen LogP contribution is 2.33. The minimum absolute atomic E-state index is 0.145. The van der Waals surface area contributed by atoms with Gasteiger partial charge in [-0.2, -0.15) is 0 Å². The van der Waals surface area contributed by atoms with E-state index < -0.39 is 0 Å². The van der Waals surface area contributed by atoms with Crippen LogP contribution in [0.25, 0.3) is 86.7 Å². The van der Waals surface area contributed by atoms with E-state index in [1.54, 1.807) is 0 Å². The maximum Gasteiger partial charge on any atom is 0.323 e. The Morgan fingerprint density at radius 3 is 0.982 bits per heavy atom. The fourth-order valence-corrected chi connectivity index (χ4v) is 7.82. The summed E-state index contributed by atoms with van der Waals surface area (Å²) in [5.41, 5.74) is 4.21. The first-order valence-electron chi connectivity index (χ1n) is 19.2. The monoisotopic (exact) mass is 732 g/mol. The van der Waals surface area contributed by atoms with Crippen LogP contribution in [0.4, 0.5) is 0 Å². The van der Waals surface area contributed by atoms with E-state index in [2.05, 4.69) is 159 Å². The van der Waals surface area contributed by atoms with E-state index in [1.807, 2.05) is 36.4 Å². The summed E-state index contributed by atoms with van der Waals surface area (Å²) in [6, 6.07) is 45.9. The zero-order chi connectivity index (χ0) is 38.9. The predicted octanol–water partition coefficient (Wildman–Crippen LogP) is 12.4. The van der Waals surface area contributed by atoms with Crippen molar-refractivity contribution >= 4 is 86.7 Å². The van der Waals surface area contributed by atoms with Crippen LogP contribution in [-0.2, 0) is 10.8 Å². The highest BCUT2D eigenvalue weighted by Gasteiger charge is 2.17. The number of hydrogen-bond donors (Lipinski definition) is 4. The van der Waals surface area contributed by atoms with E-state index in [-0.39, 0.29) is 22.2 Å². The van der Waals surface area contributed by atoms with Crippen molar-refractivity contribution < 1.29 is 0 Å². The molecule has 6 heteroatoms. The van der Waals surface area contributed by atoms with Crippen molar-refractivity contribution in [2.75, 3.05) is 0 Å². The Morgan fingerprint density at radius 2 is 0.625 bits per heavy atom. The number of aromatic amines is 4. The van der Waals surface area contributed by atoms with E-state index in [1.165, 1.54) is 0 Å². The van der Waals surface area contributed by atoms with Gasteiger partial charge in [0.05, 0.1) is 22.1 Å². The number of H-pyrrole nitrogens is 4. The number of fused-ring (bicyclic) bond motifs is 6. The van der Waals surface area contributed by atoms with Crippen LogP contribution >= 0.6 is 0 Å². The van der Waals surface area contributed by atoms with Gasteiger partial charge in [-0.25, -0.2) is 9.59 Å². The molecule has 9 rings (SSSR count). The molecule has 1 aromatic heterocycles. The van der Waals surface area contributed by atoms with Gasteiger partial charge in [-0.1, -0.05) is 126 Å². The maximum absolute atomic E-state index is 14.3. The lowest BCUT2D eigenvalue weighted by Gasteiger charge is -2.20. The summed E-state index contributed by atoms with van der Waals surface area (Å²) in [4.78, 5) is 40.8. The van der Waals surface area contributed by atoms with E-state index in [0.717, 1.165) is 86.8 Å². The van der Waals surface area contributed by atoms with Gasteiger partial charge < -0.3 is 19.9 Å². The summed E-state index contributed by atoms with van der Waals surface area (Å²) >= 11 is 0. The van der Waals surface area contributed by atoms with E-state index in [4.69, 9.17) is 0 Å². The fraction of sp³-hybridized carbons (Fsp3) is 0.160. The maximum atomic E-state index is 14.3. The lowest BCUT2D eigenvalue weighted by molar-refractivity contribution is 0.591. The van der Waals surface area contributed by atoms with Gasteiger partial charge in [0.25, 0.3) is 0 Å². The minimum Gasteiger partial charge on any atom is -0.307 e. The van der Waals surface area contributed by atoms with Gasteiger partial charge in [0.1, 0.15) is 0 Å². The summed E-state index contributed by atoms with van der Waals surface area (Å²) in [5.74, 6) is 0. The molecule has 0 saturated carbocycles. The first-order chi connectivity index (χ1) is 26.8. The lowest BCUT2D eigenvalue weighted by Crippen LogP contribution is -2.13. The van der Waals surface area contributed by atoms with Crippen molar-refractivity contribution in [2.24, 2.45) is 0 Å². The van der Waals surface area contributed by atoms with Gasteiger partial charge in [-0.05, 0) is 114 Å². The first-order valence-corrected chi connectivity index (χ1v) is 19.2. The van der Waals surface area contributed by atoms with Crippen molar-refractivity contribution in [1.29, 1.82) is 0 Å². The smallest absolute Gasteiger partial charge is 0.307 e. The average Bonchev–Trinajstić information content (AvgIpc) is 3.16. The molecular formula is C50H44N4O2. The molecule has 0 unspecified atom stereocenters. The van der Waals surface area contributed by atoms with Crippen LogP contribution in [0.15, 0.2) is 143 Å². The average molecular weight is 733 g/mol. The molecule has 0 atom stereocenters. The minimum atomic E-state index is -0.320. The molecule has 6 nitrogen and oxygen atoms in total. The second-order valence-electron chi connectivity index (χ2n) is 17.1. The first kappa shape index (κ1) is 35.1. The molecular weight excluding hydrogens is 689 g/mol. The molecule has 56 heavy (non-hydrogen) atoms. The molecule has 1 heterocycles. The second-order valence-corrected chi connectivity index (χ2v) is 17.1. The van der Waals surface area contributed by atoms with Gasteiger partial charge in [-0.3, -0.25) is 0 Å². The van der Waals surface area contributed by atoms with Crippen molar-refractivity contribution in [3.8, 4) is 0 Å². The van der Waals surface area contributed by atoms with Gasteiger partial charge in [0.2, 0.25) is 0 Å². The van der Waals surface area contributed by atoms with Gasteiger partial charge in [0.15, 0.2) is 0 Å². The molecule has 0 aliphatic heterocycles. The zero-order valence-electron chi connectivity index (χ0n) is 32.5. The molecule has 9 aromatic rings. The third kappa shape index (κ3) is 6.47. The highest BCUT2D eigenvalue weighted by atomic mass is 16.1. The van der Waals surface area contributed by atoms with Crippen LogP contribution in [0.5, 0.6) is 0 Å². The third-order valence-electron chi connectivity index (χ3n) is 11.1. The molecule has 0 amide bonds. The van der Waals surface area contributed by atoms with E-state index >= 15 is 0 Å². The normalized spacial score (nSPS) is 12.2. The van der Waals surface area contributed by atoms with Crippen LogP contribution in [0, 0.1) is 0 Å². The molecule has 0 spiro atoms. The Hall–Kier alpha value is -6.66. The topological polar surface area (TPSA) is 97.3 Å². The summed E-state index contributed by atoms with van der Waals surface area (Å²) in [6.45, 7) is 13.1. The van der Waals surface area contributed by atoms with Crippen molar-refractivity contribution in [2.45, 2.75) is 52.4 Å². The number of aromatic nitrogens is 4. The van der Waals surface area contributed by atoms with Crippen LogP contribution in [-0.4, -0.2) is 19.9 Å². The molecule has 8 aromatic carbocycles. The van der Waals surface area contributed by atoms with Gasteiger partial charge in [-0.15, -0.1) is 0 Å². The van der Waals surface area contributed by atoms with E-state index in [0.29, 0.717) is 11.0 Å². The molecule has 8 bridgehead atoms. The SMILES string of the molecule is CC(C)(C)c1cc2ccc3cc2c(c1)[nH]c(=O)[nH]c1cc(C(C)(C)C)cc2ccc(cc21)c1ccc2cccc([nH]c(=O)[nH]c4cccc5ccc3cc54)c2c1. The number of nitrogens with one attached hydrogen (secondary N) is 4. The highest BCUT2D eigenvalue weighted by molar-refractivity contribution is 6.07. The molecule has 0 radical (unpaired) electrons. The molecule has 0 aliphatic rings. The number of hydrogen-bond acceptors (Lipinski definition) is 2. The van der Waals surface area contributed by atoms with Crippen LogP contribution in [0.3, 0.4) is 0 Å². The molecule has 0 fully saturated rings. The van der Waals surface area contributed by atoms with Crippen LogP contribution in [0.2, 0.25) is 0 Å².